The molecule has 0 radical (unpaired) electrons. The zero-order valence-electron chi connectivity index (χ0n) is 17.0. The lowest BCUT2D eigenvalue weighted by Gasteiger charge is -2.33. The van der Waals surface area contributed by atoms with Gasteiger partial charge in [0.25, 0.3) is 11.9 Å². The third-order valence-electron chi connectivity index (χ3n) is 5.67. The summed E-state index contributed by atoms with van der Waals surface area (Å²) < 4.78 is 0. The van der Waals surface area contributed by atoms with E-state index in [0.717, 1.165) is 5.56 Å². The van der Waals surface area contributed by atoms with Gasteiger partial charge < -0.3 is 0 Å². The van der Waals surface area contributed by atoms with Gasteiger partial charge in [-0.25, -0.2) is 0 Å². The number of nitrogens with one attached hydrogen (secondary N) is 2. The predicted molar refractivity (Wildman–Crippen MR) is 115 cm³/mol. The van der Waals surface area contributed by atoms with E-state index in [-0.39, 0.29) is 17.3 Å². The Balaban J connectivity index is 1.53. The number of aromatic amines is 1. The molecule has 3 aromatic rings. The number of fused-ring (bicyclic) bond motifs is 1. The lowest BCUT2D eigenvalue weighted by molar-refractivity contribution is 0.102. The molecule has 0 bridgehead atoms. The number of carbonyl (C=O) groups is 1. The molecule has 0 saturated heterocycles. The van der Waals surface area contributed by atoms with Crippen molar-refractivity contribution < 1.29 is 4.79 Å². The zero-order valence-corrected chi connectivity index (χ0v) is 17.0. The fourth-order valence-corrected chi connectivity index (χ4v) is 3.98. The molecule has 1 aliphatic rings. The first-order valence-corrected chi connectivity index (χ1v) is 9.89. The van der Waals surface area contributed by atoms with Crippen molar-refractivity contribution in [2.24, 2.45) is 0 Å². The summed E-state index contributed by atoms with van der Waals surface area (Å²) >= 11 is 0. The molecule has 1 amide bonds. The van der Waals surface area contributed by atoms with Crippen LogP contribution in [0.1, 0.15) is 66.2 Å². The first-order valence-electron chi connectivity index (χ1n) is 9.89. The maximum atomic E-state index is 12.2. The maximum Gasteiger partial charge on any atom is 0.270 e. The van der Waals surface area contributed by atoms with Crippen molar-refractivity contribution in [2.45, 2.75) is 45.4 Å². The van der Waals surface area contributed by atoms with Crippen LogP contribution in [0.3, 0.4) is 0 Å². The fourth-order valence-electron chi connectivity index (χ4n) is 3.98. The van der Waals surface area contributed by atoms with Gasteiger partial charge in [0.15, 0.2) is 0 Å². The second kappa shape index (κ2) is 7.62. The van der Waals surface area contributed by atoms with E-state index in [1.54, 1.807) is 12.1 Å². The summed E-state index contributed by atoms with van der Waals surface area (Å²) in [5, 5.41) is 15.8. The summed E-state index contributed by atoms with van der Waals surface area (Å²) in [6.07, 6.45) is 5.83. The number of amides is 1. The van der Waals surface area contributed by atoms with Gasteiger partial charge in [-0.1, -0.05) is 55.4 Å². The largest absolute Gasteiger partial charge is 0.288 e. The molecule has 6 heteroatoms. The molecule has 148 valence electrons. The Morgan fingerprint density at radius 3 is 2.62 bits per heavy atom. The highest BCUT2D eigenvalue weighted by atomic mass is 16.1. The van der Waals surface area contributed by atoms with Crippen molar-refractivity contribution in [3.63, 3.8) is 0 Å². The van der Waals surface area contributed by atoms with Crippen molar-refractivity contribution in [3.8, 4) is 0 Å². The van der Waals surface area contributed by atoms with Gasteiger partial charge in [0, 0.05) is 5.56 Å². The number of H-pyrrole nitrogens is 1. The van der Waals surface area contributed by atoms with Gasteiger partial charge >= 0.3 is 0 Å². The van der Waals surface area contributed by atoms with Gasteiger partial charge in [0.1, 0.15) is 0 Å². The van der Waals surface area contributed by atoms with Crippen LogP contribution in [-0.2, 0) is 11.8 Å². The average molecular weight is 387 g/mol. The standard InChI is InChI=1S/C23H25N5O/c1-15(19-11-10-17-5-4-12-23(2,3)20(17)14-19)13-16-6-8-18(9-7-16)21(29)24-22-25-27-28-26-22/h6-11,13-14H,4-5,12H2,1-3H3,(H2,24,25,26,27,28,29)/b15-13+. The number of allylic oxidation sites excluding steroid dienone is 1. The topological polar surface area (TPSA) is 83.6 Å². The number of nitrogens with zero attached hydrogens (tertiary/aromatic N) is 3. The average Bonchev–Trinajstić information content (AvgIpc) is 3.21. The van der Waals surface area contributed by atoms with Crippen molar-refractivity contribution in [1.29, 1.82) is 0 Å². The number of aromatic nitrogens is 4. The number of hydrogen-bond donors (Lipinski definition) is 2. The van der Waals surface area contributed by atoms with Crippen molar-refractivity contribution in [1.82, 2.24) is 20.6 Å². The molecule has 29 heavy (non-hydrogen) atoms. The number of hydrogen-bond acceptors (Lipinski definition) is 4. The smallest absolute Gasteiger partial charge is 0.270 e. The Hall–Kier alpha value is -3.28. The Morgan fingerprint density at radius 1 is 1.14 bits per heavy atom. The Bertz CT molecular complexity index is 1050. The molecule has 0 atom stereocenters. The molecule has 4 rings (SSSR count). The number of anilines is 1. The van der Waals surface area contributed by atoms with Crippen LogP contribution in [0.25, 0.3) is 11.6 Å². The van der Waals surface area contributed by atoms with Crippen LogP contribution in [-0.4, -0.2) is 26.5 Å². The van der Waals surface area contributed by atoms with Crippen molar-refractivity contribution in [3.05, 3.63) is 70.3 Å². The first kappa shape index (κ1) is 19.1. The number of benzene rings is 2. The van der Waals surface area contributed by atoms with E-state index in [1.807, 2.05) is 12.1 Å². The van der Waals surface area contributed by atoms with E-state index in [1.165, 1.54) is 41.5 Å². The fraction of sp³-hybridized carbons (Fsp3) is 0.304. The van der Waals surface area contributed by atoms with Crippen LogP contribution in [0.2, 0.25) is 0 Å². The van der Waals surface area contributed by atoms with E-state index >= 15 is 0 Å². The minimum Gasteiger partial charge on any atom is -0.288 e. The van der Waals surface area contributed by atoms with Gasteiger partial charge in [0.05, 0.1) is 0 Å². The van der Waals surface area contributed by atoms with Gasteiger partial charge in [-0.3, -0.25) is 10.1 Å². The lowest BCUT2D eigenvalue weighted by atomic mass is 9.72. The molecular weight excluding hydrogens is 362 g/mol. The molecule has 2 aromatic carbocycles. The summed E-state index contributed by atoms with van der Waals surface area (Å²) in [6, 6.07) is 14.3. The van der Waals surface area contributed by atoms with Crippen LogP contribution in [0.4, 0.5) is 5.95 Å². The van der Waals surface area contributed by atoms with Crippen LogP contribution in [0.5, 0.6) is 0 Å². The monoisotopic (exact) mass is 387 g/mol. The van der Waals surface area contributed by atoms with E-state index in [0.29, 0.717) is 5.56 Å². The normalized spacial score (nSPS) is 15.6. The number of aryl methyl sites for hydroxylation is 1. The zero-order chi connectivity index (χ0) is 20.4. The molecule has 2 N–H and O–H groups in total. The second-order valence-corrected chi connectivity index (χ2v) is 8.25. The number of rotatable bonds is 4. The van der Waals surface area contributed by atoms with E-state index in [4.69, 9.17) is 0 Å². The van der Waals surface area contributed by atoms with E-state index in [9.17, 15) is 4.79 Å². The molecule has 1 heterocycles. The quantitative estimate of drug-likeness (QED) is 0.640. The van der Waals surface area contributed by atoms with E-state index < -0.39 is 0 Å². The highest BCUT2D eigenvalue weighted by Gasteiger charge is 2.27. The second-order valence-electron chi connectivity index (χ2n) is 8.25. The number of tetrazole rings is 1. The van der Waals surface area contributed by atoms with Gasteiger partial charge in [0.2, 0.25) is 0 Å². The minimum atomic E-state index is -0.268. The molecule has 6 nitrogen and oxygen atoms in total. The molecule has 0 saturated carbocycles. The molecule has 1 aromatic heterocycles. The van der Waals surface area contributed by atoms with Gasteiger partial charge in [-0.2, -0.15) is 5.21 Å². The molecule has 0 fully saturated rings. The molecular formula is C23H25N5O. The van der Waals surface area contributed by atoms with Crippen molar-refractivity contribution in [2.75, 3.05) is 5.32 Å². The Labute approximate surface area is 170 Å². The first-order chi connectivity index (χ1) is 13.9. The summed E-state index contributed by atoms with van der Waals surface area (Å²) in [7, 11) is 0. The molecule has 1 aliphatic carbocycles. The maximum absolute atomic E-state index is 12.2. The third-order valence-corrected chi connectivity index (χ3v) is 5.67. The number of carbonyl (C=O) groups excluding carboxylic acids is 1. The summed E-state index contributed by atoms with van der Waals surface area (Å²) in [5.74, 6) is -0.110. The van der Waals surface area contributed by atoms with Gasteiger partial charge in [-0.05, 0) is 76.8 Å². The summed E-state index contributed by atoms with van der Waals surface area (Å²) in [4.78, 5) is 12.2. The SMILES string of the molecule is C/C(=C\c1ccc(C(=O)Nc2nn[nH]n2)cc1)c1ccc2c(c1)C(C)(C)CCC2. The Kier molecular flexibility index (Phi) is 5.01. The van der Waals surface area contributed by atoms with Crippen LogP contribution in [0, 0.1) is 0 Å². The van der Waals surface area contributed by atoms with Crippen LogP contribution in [0.15, 0.2) is 42.5 Å². The summed E-state index contributed by atoms with van der Waals surface area (Å²) in [5.41, 5.74) is 7.24. The molecule has 0 aliphatic heterocycles. The highest BCUT2D eigenvalue weighted by Crippen LogP contribution is 2.38. The molecule has 0 unspecified atom stereocenters. The predicted octanol–water partition coefficient (Wildman–Crippen LogP) is 4.63. The molecule has 0 spiro atoms. The van der Waals surface area contributed by atoms with Crippen LogP contribution >= 0.6 is 0 Å². The van der Waals surface area contributed by atoms with Crippen LogP contribution < -0.4 is 5.32 Å². The highest BCUT2D eigenvalue weighted by molar-refractivity contribution is 6.03. The Morgan fingerprint density at radius 2 is 1.90 bits per heavy atom. The van der Waals surface area contributed by atoms with Crippen molar-refractivity contribution >= 4 is 23.5 Å². The third kappa shape index (κ3) is 4.11. The lowest BCUT2D eigenvalue weighted by Crippen LogP contribution is -2.23. The summed E-state index contributed by atoms with van der Waals surface area (Å²) in [6.45, 7) is 6.81. The van der Waals surface area contributed by atoms with Gasteiger partial charge in [-0.15, -0.1) is 5.10 Å². The van der Waals surface area contributed by atoms with E-state index in [2.05, 4.69) is 71.0 Å². The minimum absolute atomic E-state index is 0.158.